The van der Waals surface area contributed by atoms with Crippen molar-refractivity contribution in [2.75, 3.05) is 5.32 Å². The van der Waals surface area contributed by atoms with Gasteiger partial charge in [-0.1, -0.05) is 23.7 Å². The summed E-state index contributed by atoms with van der Waals surface area (Å²) in [5, 5.41) is 3.42. The van der Waals surface area contributed by atoms with Crippen molar-refractivity contribution < 1.29 is 13.9 Å². The van der Waals surface area contributed by atoms with Crippen molar-refractivity contribution in [1.82, 2.24) is 0 Å². The van der Waals surface area contributed by atoms with E-state index in [1.807, 2.05) is 25.1 Å². The second-order valence-corrected chi connectivity index (χ2v) is 7.06. The van der Waals surface area contributed by atoms with E-state index in [1.165, 1.54) is 23.3 Å². The maximum absolute atomic E-state index is 13.8. The van der Waals surface area contributed by atoms with Crippen molar-refractivity contribution in [2.45, 2.75) is 20.5 Å². The molecule has 5 heteroatoms. The Bertz CT molecular complexity index is 1020. The third kappa shape index (κ3) is 5.46. The van der Waals surface area contributed by atoms with Crippen LogP contribution in [-0.4, -0.2) is 5.78 Å². The first-order valence-electron chi connectivity index (χ1n) is 9.14. The first-order chi connectivity index (χ1) is 13.9. The Kier molecular flexibility index (Phi) is 6.68. The molecular weight excluding hydrogens is 389 g/mol. The highest BCUT2D eigenvalue weighted by Crippen LogP contribution is 2.22. The monoisotopic (exact) mass is 409 g/mol. The summed E-state index contributed by atoms with van der Waals surface area (Å²) in [5.41, 5.74) is 4.15. The summed E-state index contributed by atoms with van der Waals surface area (Å²) in [4.78, 5) is 12.3. The molecule has 0 aliphatic carbocycles. The topological polar surface area (TPSA) is 38.3 Å². The van der Waals surface area contributed by atoms with Crippen molar-refractivity contribution in [2.24, 2.45) is 0 Å². The molecule has 0 fully saturated rings. The Balaban J connectivity index is 1.57. The minimum Gasteiger partial charge on any atom is -0.489 e. The zero-order valence-electron chi connectivity index (χ0n) is 16.2. The minimum atomic E-state index is -0.411. The lowest BCUT2D eigenvalue weighted by Gasteiger charge is -2.09. The van der Waals surface area contributed by atoms with E-state index in [9.17, 15) is 9.18 Å². The van der Waals surface area contributed by atoms with Crippen LogP contribution >= 0.6 is 11.6 Å². The molecule has 3 nitrogen and oxygen atoms in total. The zero-order valence-corrected chi connectivity index (χ0v) is 17.0. The SMILES string of the molecule is Cc1ccc(NC=CC(=O)c2ccc(OCc3c(F)cccc3Cl)cc2)cc1C. The molecule has 0 unspecified atom stereocenters. The van der Waals surface area contributed by atoms with Crippen LogP contribution in [0.1, 0.15) is 27.0 Å². The van der Waals surface area contributed by atoms with Crippen LogP contribution in [0.25, 0.3) is 0 Å². The molecule has 0 amide bonds. The predicted octanol–water partition coefficient (Wildman–Crippen LogP) is 6.48. The number of allylic oxidation sites excluding steroid dienone is 1. The third-order valence-corrected chi connectivity index (χ3v) is 4.93. The molecule has 1 N–H and O–H groups in total. The molecule has 29 heavy (non-hydrogen) atoms. The fourth-order valence-corrected chi connectivity index (χ4v) is 2.90. The lowest BCUT2D eigenvalue weighted by molar-refractivity contribution is 0.104. The summed E-state index contributed by atoms with van der Waals surface area (Å²) >= 11 is 5.99. The van der Waals surface area contributed by atoms with Gasteiger partial charge in [0.1, 0.15) is 18.2 Å². The molecule has 0 aromatic heterocycles. The normalized spacial score (nSPS) is 10.9. The molecule has 0 saturated heterocycles. The first kappa shape index (κ1) is 20.6. The van der Waals surface area contributed by atoms with E-state index in [-0.39, 0.29) is 12.4 Å². The van der Waals surface area contributed by atoms with Gasteiger partial charge < -0.3 is 10.1 Å². The van der Waals surface area contributed by atoms with Gasteiger partial charge in [0.05, 0.1) is 5.02 Å². The largest absolute Gasteiger partial charge is 0.489 e. The van der Waals surface area contributed by atoms with E-state index >= 15 is 0 Å². The van der Waals surface area contributed by atoms with Crippen molar-refractivity contribution in [3.05, 3.63) is 106 Å². The lowest BCUT2D eigenvalue weighted by atomic mass is 10.1. The number of ketones is 1. The fraction of sp³-hybridized carbons (Fsp3) is 0.125. The van der Waals surface area contributed by atoms with Gasteiger partial charge in [0, 0.05) is 29.1 Å². The van der Waals surface area contributed by atoms with Crippen LogP contribution in [0.3, 0.4) is 0 Å². The molecule has 0 heterocycles. The van der Waals surface area contributed by atoms with Crippen molar-refractivity contribution in [1.29, 1.82) is 0 Å². The molecule has 0 radical (unpaired) electrons. The molecule has 3 aromatic rings. The molecular formula is C24H21ClFNO2. The highest BCUT2D eigenvalue weighted by molar-refractivity contribution is 6.31. The van der Waals surface area contributed by atoms with Crippen LogP contribution < -0.4 is 10.1 Å². The Morgan fingerprint density at radius 2 is 1.83 bits per heavy atom. The molecule has 0 atom stereocenters. The van der Waals surface area contributed by atoms with Gasteiger partial charge in [0.2, 0.25) is 0 Å². The smallest absolute Gasteiger partial charge is 0.187 e. The lowest BCUT2D eigenvalue weighted by Crippen LogP contribution is -2.00. The van der Waals surface area contributed by atoms with Gasteiger partial charge >= 0.3 is 0 Å². The summed E-state index contributed by atoms with van der Waals surface area (Å²) in [7, 11) is 0. The van der Waals surface area contributed by atoms with Crippen LogP contribution in [0, 0.1) is 19.7 Å². The molecule has 148 valence electrons. The van der Waals surface area contributed by atoms with Crippen molar-refractivity contribution in [3.8, 4) is 5.75 Å². The van der Waals surface area contributed by atoms with E-state index in [1.54, 1.807) is 42.6 Å². The van der Waals surface area contributed by atoms with Gasteiger partial charge in [-0.3, -0.25) is 4.79 Å². The predicted molar refractivity (Wildman–Crippen MR) is 115 cm³/mol. The molecule has 0 spiro atoms. The van der Waals surface area contributed by atoms with E-state index < -0.39 is 5.82 Å². The number of hydrogen-bond acceptors (Lipinski definition) is 3. The fourth-order valence-electron chi connectivity index (χ4n) is 2.68. The summed E-state index contributed by atoms with van der Waals surface area (Å²) in [6, 6.07) is 17.2. The zero-order chi connectivity index (χ0) is 20.8. The van der Waals surface area contributed by atoms with E-state index in [4.69, 9.17) is 16.3 Å². The number of hydrogen-bond donors (Lipinski definition) is 1. The van der Waals surface area contributed by atoms with Gasteiger partial charge in [-0.2, -0.15) is 0 Å². The van der Waals surface area contributed by atoms with Gasteiger partial charge in [-0.25, -0.2) is 4.39 Å². The average molecular weight is 410 g/mol. The Hall–Kier alpha value is -3.11. The van der Waals surface area contributed by atoms with Crippen LogP contribution in [0.5, 0.6) is 5.75 Å². The third-order valence-electron chi connectivity index (χ3n) is 4.58. The number of anilines is 1. The maximum atomic E-state index is 13.8. The van der Waals surface area contributed by atoms with Gasteiger partial charge in [0.25, 0.3) is 0 Å². The van der Waals surface area contributed by atoms with Crippen LogP contribution in [0.2, 0.25) is 5.02 Å². The number of halogens is 2. The number of carbonyl (C=O) groups is 1. The highest BCUT2D eigenvalue weighted by atomic mass is 35.5. The molecule has 3 rings (SSSR count). The van der Waals surface area contributed by atoms with E-state index in [0.29, 0.717) is 21.9 Å². The van der Waals surface area contributed by atoms with Gasteiger partial charge in [0.15, 0.2) is 5.78 Å². The van der Waals surface area contributed by atoms with E-state index in [2.05, 4.69) is 12.2 Å². The van der Waals surface area contributed by atoms with Crippen molar-refractivity contribution in [3.63, 3.8) is 0 Å². The number of carbonyl (C=O) groups excluding carboxylic acids is 1. The summed E-state index contributed by atoms with van der Waals surface area (Å²) < 4.78 is 19.4. The molecule has 0 aliphatic heterocycles. The number of ether oxygens (including phenoxy) is 1. The second kappa shape index (κ2) is 9.39. The Morgan fingerprint density at radius 3 is 2.52 bits per heavy atom. The first-order valence-corrected chi connectivity index (χ1v) is 9.52. The summed E-state index contributed by atoms with van der Waals surface area (Å²) in [6.45, 7) is 4.11. The Labute approximate surface area is 174 Å². The number of nitrogens with one attached hydrogen (secondary N) is 1. The van der Waals surface area contributed by atoms with E-state index in [0.717, 1.165) is 5.69 Å². The molecule has 0 aliphatic rings. The maximum Gasteiger partial charge on any atom is 0.187 e. The van der Waals surface area contributed by atoms with Gasteiger partial charge in [-0.15, -0.1) is 0 Å². The van der Waals surface area contributed by atoms with Gasteiger partial charge in [-0.05, 0) is 73.5 Å². The minimum absolute atomic E-state index is 0.0125. The standard InChI is InChI=1S/C24H21ClFNO2/c1-16-6-9-19(14-17(16)2)27-13-12-24(28)18-7-10-20(11-8-18)29-15-21-22(25)4-3-5-23(21)26/h3-14,27H,15H2,1-2H3. The molecule has 3 aromatic carbocycles. The quantitative estimate of drug-likeness (QED) is 0.358. The molecule has 0 bridgehead atoms. The summed E-state index contributed by atoms with van der Waals surface area (Å²) in [5.74, 6) is -0.0196. The second-order valence-electron chi connectivity index (χ2n) is 6.65. The number of benzene rings is 3. The van der Waals surface area contributed by atoms with Crippen LogP contribution in [0.4, 0.5) is 10.1 Å². The molecule has 0 saturated carbocycles. The average Bonchev–Trinajstić information content (AvgIpc) is 2.70. The number of rotatable bonds is 7. The Morgan fingerprint density at radius 1 is 1.07 bits per heavy atom. The number of aryl methyl sites for hydroxylation is 2. The van der Waals surface area contributed by atoms with Crippen LogP contribution in [-0.2, 0) is 6.61 Å². The summed E-state index contributed by atoms with van der Waals surface area (Å²) in [6.07, 6.45) is 3.10. The van der Waals surface area contributed by atoms with Crippen LogP contribution in [0.15, 0.2) is 72.9 Å². The van der Waals surface area contributed by atoms with Crippen molar-refractivity contribution >= 4 is 23.1 Å². The highest BCUT2D eigenvalue weighted by Gasteiger charge is 2.08.